The van der Waals surface area contributed by atoms with Gasteiger partial charge in [-0.05, 0) is 37.5 Å². The molecule has 0 radical (unpaired) electrons. The van der Waals surface area contributed by atoms with Crippen LogP contribution >= 0.6 is 23.2 Å². The van der Waals surface area contributed by atoms with Crippen LogP contribution in [0.5, 0.6) is 0 Å². The molecular formula is C12H10Cl2N2O. The number of carbonyl (C=O) groups excluding carboxylic acids is 1. The number of rotatable bonds is 1. The van der Waals surface area contributed by atoms with Gasteiger partial charge < -0.3 is 0 Å². The van der Waals surface area contributed by atoms with Crippen LogP contribution in [0, 0.1) is 5.92 Å². The molecular weight excluding hydrogens is 259 g/mol. The molecule has 1 heterocycles. The van der Waals surface area contributed by atoms with Gasteiger partial charge in [0.2, 0.25) is 0 Å². The van der Waals surface area contributed by atoms with Gasteiger partial charge in [-0.3, -0.25) is 4.79 Å². The lowest BCUT2D eigenvalue weighted by molar-refractivity contribution is -0.119. The highest BCUT2D eigenvalue weighted by atomic mass is 35.5. The zero-order chi connectivity index (χ0) is 12.0. The van der Waals surface area contributed by atoms with E-state index in [-0.39, 0.29) is 11.8 Å². The number of amides is 1. The van der Waals surface area contributed by atoms with Crippen LogP contribution in [-0.4, -0.2) is 11.6 Å². The van der Waals surface area contributed by atoms with Crippen molar-refractivity contribution in [2.24, 2.45) is 11.0 Å². The predicted molar refractivity (Wildman–Crippen MR) is 68.7 cm³/mol. The van der Waals surface area contributed by atoms with Crippen molar-refractivity contribution in [1.82, 2.24) is 0 Å². The average Bonchev–Trinajstić information content (AvgIpc) is 2.86. The Hall–Kier alpha value is -1.06. The summed E-state index contributed by atoms with van der Waals surface area (Å²) in [6.07, 6.45) is 2.90. The first-order valence-corrected chi connectivity index (χ1v) is 6.29. The minimum Gasteiger partial charge on any atom is -0.272 e. The topological polar surface area (TPSA) is 32.7 Å². The van der Waals surface area contributed by atoms with Crippen LogP contribution in [-0.2, 0) is 4.79 Å². The maximum atomic E-state index is 12.1. The molecule has 3 rings (SSSR count). The Morgan fingerprint density at radius 1 is 1.29 bits per heavy atom. The molecule has 1 saturated carbocycles. The van der Waals surface area contributed by atoms with Gasteiger partial charge in [-0.15, -0.1) is 0 Å². The number of nitrogens with zero attached hydrogens (tertiary/aromatic N) is 2. The Labute approximate surface area is 109 Å². The smallest absolute Gasteiger partial charge is 0.256 e. The molecule has 0 aromatic heterocycles. The minimum absolute atomic E-state index is 0.00977. The maximum absolute atomic E-state index is 12.1. The van der Waals surface area contributed by atoms with E-state index in [4.69, 9.17) is 23.2 Å². The van der Waals surface area contributed by atoms with E-state index in [1.807, 2.05) is 0 Å². The molecule has 5 heteroatoms. The minimum atomic E-state index is -0.00977. The largest absolute Gasteiger partial charge is 0.272 e. The van der Waals surface area contributed by atoms with E-state index in [9.17, 15) is 4.79 Å². The SMILES string of the molecule is O=C1C2CCCC2=NN1c1ccc(Cl)c(Cl)c1. The lowest BCUT2D eigenvalue weighted by Gasteiger charge is -2.14. The second kappa shape index (κ2) is 4.00. The van der Waals surface area contributed by atoms with Crippen LogP contribution in [0.3, 0.4) is 0 Å². The second-order valence-corrected chi connectivity index (χ2v) is 5.10. The fourth-order valence-corrected chi connectivity index (χ4v) is 2.63. The summed E-state index contributed by atoms with van der Waals surface area (Å²) in [5.41, 5.74) is 1.69. The Kier molecular flexibility index (Phi) is 2.60. The number of hydrogen-bond acceptors (Lipinski definition) is 2. The van der Waals surface area contributed by atoms with Crippen LogP contribution in [0.1, 0.15) is 19.3 Å². The number of halogens is 2. The molecule has 1 amide bonds. The average molecular weight is 269 g/mol. The summed E-state index contributed by atoms with van der Waals surface area (Å²) in [4.78, 5) is 12.1. The first-order valence-electron chi connectivity index (χ1n) is 5.53. The summed E-state index contributed by atoms with van der Waals surface area (Å²) in [5, 5.41) is 6.74. The maximum Gasteiger partial charge on any atom is 0.256 e. The van der Waals surface area contributed by atoms with Gasteiger partial charge in [-0.25, -0.2) is 5.01 Å². The Morgan fingerprint density at radius 3 is 2.82 bits per heavy atom. The summed E-state index contributed by atoms with van der Waals surface area (Å²) in [5.74, 6) is 0.0420. The number of benzene rings is 1. The van der Waals surface area contributed by atoms with Gasteiger partial charge in [0.15, 0.2) is 0 Å². The first kappa shape index (κ1) is 11.1. The van der Waals surface area contributed by atoms with Crippen molar-refractivity contribution in [2.45, 2.75) is 19.3 Å². The van der Waals surface area contributed by atoms with Gasteiger partial charge in [0.25, 0.3) is 5.91 Å². The van der Waals surface area contributed by atoms with E-state index in [1.54, 1.807) is 18.2 Å². The molecule has 1 aromatic carbocycles. The van der Waals surface area contributed by atoms with E-state index >= 15 is 0 Å². The van der Waals surface area contributed by atoms with Gasteiger partial charge in [-0.2, -0.15) is 5.10 Å². The molecule has 3 nitrogen and oxygen atoms in total. The van der Waals surface area contributed by atoms with Crippen molar-refractivity contribution in [3.63, 3.8) is 0 Å². The summed E-state index contributed by atoms with van der Waals surface area (Å²) in [6, 6.07) is 5.12. The number of fused-ring (bicyclic) bond motifs is 1. The van der Waals surface area contributed by atoms with Crippen LogP contribution in [0.2, 0.25) is 10.0 Å². The first-order chi connectivity index (χ1) is 8.16. The summed E-state index contributed by atoms with van der Waals surface area (Å²) < 4.78 is 0. The Balaban J connectivity index is 1.97. The molecule has 0 bridgehead atoms. The zero-order valence-electron chi connectivity index (χ0n) is 8.99. The van der Waals surface area contributed by atoms with E-state index in [2.05, 4.69) is 5.10 Å². The highest BCUT2D eigenvalue weighted by Crippen LogP contribution is 2.35. The van der Waals surface area contributed by atoms with E-state index in [0.717, 1.165) is 25.0 Å². The van der Waals surface area contributed by atoms with E-state index in [0.29, 0.717) is 15.7 Å². The molecule has 1 aliphatic heterocycles. The molecule has 1 aromatic rings. The van der Waals surface area contributed by atoms with Gasteiger partial charge >= 0.3 is 0 Å². The van der Waals surface area contributed by atoms with Crippen molar-refractivity contribution in [3.8, 4) is 0 Å². The monoisotopic (exact) mass is 268 g/mol. The summed E-state index contributed by atoms with van der Waals surface area (Å²) in [6.45, 7) is 0. The van der Waals surface area contributed by atoms with Crippen molar-refractivity contribution < 1.29 is 4.79 Å². The fraction of sp³-hybridized carbons (Fsp3) is 0.333. The van der Waals surface area contributed by atoms with E-state index in [1.165, 1.54) is 5.01 Å². The lowest BCUT2D eigenvalue weighted by Crippen LogP contribution is -2.25. The predicted octanol–water partition coefficient (Wildman–Crippen LogP) is 3.50. The highest BCUT2D eigenvalue weighted by Gasteiger charge is 2.39. The molecule has 1 atom stereocenters. The number of carbonyl (C=O) groups is 1. The van der Waals surface area contributed by atoms with Crippen LogP contribution in [0.25, 0.3) is 0 Å². The zero-order valence-corrected chi connectivity index (χ0v) is 10.5. The lowest BCUT2D eigenvalue weighted by atomic mass is 10.1. The third-order valence-corrected chi connectivity index (χ3v) is 3.95. The Morgan fingerprint density at radius 2 is 2.12 bits per heavy atom. The fourth-order valence-electron chi connectivity index (χ4n) is 2.34. The van der Waals surface area contributed by atoms with Crippen LogP contribution < -0.4 is 5.01 Å². The molecule has 1 unspecified atom stereocenters. The molecule has 0 spiro atoms. The van der Waals surface area contributed by atoms with Gasteiger partial charge in [0, 0.05) is 0 Å². The van der Waals surface area contributed by atoms with Crippen LogP contribution in [0.4, 0.5) is 5.69 Å². The quantitative estimate of drug-likeness (QED) is 0.768. The second-order valence-electron chi connectivity index (χ2n) is 4.28. The molecule has 17 heavy (non-hydrogen) atoms. The molecule has 0 saturated heterocycles. The van der Waals surface area contributed by atoms with Gasteiger partial charge in [-0.1, -0.05) is 23.2 Å². The van der Waals surface area contributed by atoms with Gasteiger partial charge in [0.05, 0.1) is 27.4 Å². The normalized spacial score (nSPS) is 22.9. The Bertz CT molecular complexity index is 527. The van der Waals surface area contributed by atoms with Crippen molar-refractivity contribution >= 4 is 40.5 Å². The molecule has 0 N–H and O–H groups in total. The van der Waals surface area contributed by atoms with Gasteiger partial charge in [0.1, 0.15) is 0 Å². The number of hydrazone groups is 1. The standard InChI is InChI=1S/C12H10Cl2N2O/c13-9-5-4-7(6-10(9)14)16-12(17)8-2-1-3-11(8)15-16/h4-6,8H,1-3H2. The molecule has 1 fully saturated rings. The van der Waals surface area contributed by atoms with E-state index < -0.39 is 0 Å². The van der Waals surface area contributed by atoms with Crippen LogP contribution in [0.15, 0.2) is 23.3 Å². The number of anilines is 1. The summed E-state index contributed by atoms with van der Waals surface area (Å²) in [7, 11) is 0. The third-order valence-electron chi connectivity index (χ3n) is 3.21. The van der Waals surface area contributed by atoms with Crippen molar-refractivity contribution in [3.05, 3.63) is 28.2 Å². The summed E-state index contributed by atoms with van der Waals surface area (Å²) >= 11 is 11.8. The highest BCUT2D eigenvalue weighted by molar-refractivity contribution is 6.42. The molecule has 2 aliphatic rings. The molecule has 88 valence electrons. The van der Waals surface area contributed by atoms with Crippen molar-refractivity contribution in [1.29, 1.82) is 0 Å². The third kappa shape index (κ3) is 1.74. The number of hydrogen-bond donors (Lipinski definition) is 0. The van der Waals surface area contributed by atoms with Crippen molar-refractivity contribution in [2.75, 3.05) is 5.01 Å². The molecule has 1 aliphatic carbocycles.